The number of benzene rings is 2. The van der Waals surface area contributed by atoms with Crippen LogP contribution < -0.4 is 0 Å². The molecular formula is C21H25NO2. The van der Waals surface area contributed by atoms with Gasteiger partial charge in [-0.05, 0) is 48.7 Å². The van der Waals surface area contributed by atoms with Crippen LogP contribution in [0.2, 0.25) is 0 Å². The highest BCUT2D eigenvalue weighted by atomic mass is 16.4. The molecule has 0 heterocycles. The van der Waals surface area contributed by atoms with Crippen LogP contribution in [-0.4, -0.2) is 29.1 Å². The fourth-order valence-corrected chi connectivity index (χ4v) is 3.68. The average molecular weight is 323 g/mol. The fraction of sp³-hybridized carbons (Fsp3) is 0.381. The van der Waals surface area contributed by atoms with Crippen LogP contribution in [0.4, 0.5) is 0 Å². The van der Waals surface area contributed by atoms with Crippen molar-refractivity contribution in [3.63, 3.8) is 0 Å². The molecule has 3 heteroatoms. The van der Waals surface area contributed by atoms with Gasteiger partial charge in [0.2, 0.25) is 0 Å². The molecule has 0 radical (unpaired) electrons. The van der Waals surface area contributed by atoms with Gasteiger partial charge in [0.05, 0.1) is 5.56 Å². The smallest absolute Gasteiger partial charge is 0.335 e. The summed E-state index contributed by atoms with van der Waals surface area (Å²) in [5.74, 6) is -0.865. The molecule has 2 aromatic rings. The van der Waals surface area contributed by atoms with Crippen molar-refractivity contribution in [1.82, 2.24) is 4.90 Å². The lowest BCUT2D eigenvalue weighted by atomic mass is 9.93. The van der Waals surface area contributed by atoms with Crippen LogP contribution in [0.25, 0.3) is 11.1 Å². The Morgan fingerprint density at radius 3 is 2.46 bits per heavy atom. The summed E-state index contributed by atoms with van der Waals surface area (Å²) in [6.07, 6.45) is 6.44. The molecule has 0 aromatic heterocycles. The fourth-order valence-electron chi connectivity index (χ4n) is 3.68. The molecule has 126 valence electrons. The summed E-state index contributed by atoms with van der Waals surface area (Å²) in [4.78, 5) is 13.8. The third kappa shape index (κ3) is 3.85. The van der Waals surface area contributed by atoms with Crippen molar-refractivity contribution in [1.29, 1.82) is 0 Å². The van der Waals surface area contributed by atoms with E-state index in [1.807, 2.05) is 30.3 Å². The van der Waals surface area contributed by atoms with Gasteiger partial charge in [-0.1, -0.05) is 55.7 Å². The molecule has 1 saturated carbocycles. The summed E-state index contributed by atoms with van der Waals surface area (Å²) in [5.41, 5.74) is 3.72. The number of nitrogens with zero attached hydrogens (tertiary/aromatic N) is 1. The van der Waals surface area contributed by atoms with Gasteiger partial charge >= 0.3 is 5.97 Å². The Morgan fingerprint density at radius 1 is 1.08 bits per heavy atom. The molecule has 24 heavy (non-hydrogen) atoms. The second-order valence-electron chi connectivity index (χ2n) is 6.75. The van der Waals surface area contributed by atoms with E-state index >= 15 is 0 Å². The van der Waals surface area contributed by atoms with Crippen LogP contribution >= 0.6 is 0 Å². The second-order valence-corrected chi connectivity index (χ2v) is 6.75. The van der Waals surface area contributed by atoms with Gasteiger partial charge in [0.15, 0.2) is 0 Å². The van der Waals surface area contributed by atoms with E-state index < -0.39 is 5.97 Å². The molecule has 0 unspecified atom stereocenters. The van der Waals surface area contributed by atoms with Gasteiger partial charge in [-0.15, -0.1) is 0 Å². The van der Waals surface area contributed by atoms with Crippen LogP contribution in [0, 0.1) is 0 Å². The molecule has 1 N–H and O–H groups in total. The standard InChI is InChI=1S/C21H25NO2/c1-22(19-10-6-3-7-11-19)15-18-14-17(21(23)24)12-13-20(18)16-8-4-2-5-9-16/h2,4-5,8-9,12-14,19H,3,6-7,10-11,15H2,1H3,(H,23,24). The molecule has 1 aliphatic rings. The Morgan fingerprint density at radius 2 is 1.79 bits per heavy atom. The topological polar surface area (TPSA) is 40.5 Å². The van der Waals surface area contributed by atoms with Gasteiger partial charge < -0.3 is 5.11 Å². The Labute approximate surface area is 143 Å². The summed E-state index contributed by atoms with van der Waals surface area (Å²) in [6.45, 7) is 0.788. The van der Waals surface area contributed by atoms with E-state index in [0.29, 0.717) is 11.6 Å². The summed E-state index contributed by atoms with van der Waals surface area (Å²) in [7, 11) is 2.16. The second kappa shape index (κ2) is 7.63. The summed E-state index contributed by atoms with van der Waals surface area (Å²) >= 11 is 0. The maximum Gasteiger partial charge on any atom is 0.335 e. The minimum absolute atomic E-state index is 0.363. The van der Waals surface area contributed by atoms with Crippen molar-refractivity contribution in [2.24, 2.45) is 0 Å². The molecule has 0 atom stereocenters. The van der Waals surface area contributed by atoms with Crippen LogP contribution in [0.5, 0.6) is 0 Å². The number of aromatic carboxylic acids is 1. The monoisotopic (exact) mass is 323 g/mol. The first-order chi connectivity index (χ1) is 11.6. The van der Waals surface area contributed by atoms with Crippen LogP contribution in [0.1, 0.15) is 48.0 Å². The predicted molar refractivity (Wildman–Crippen MR) is 97.2 cm³/mol. The lowest BCUT2D eigenvalue weighted by molar-refractivity contribution is 0.0696. The van der Waals surface area contributed by atoms with Gasteiger partial charge in [0, 0.05) is 12.6 Å². The lowest BCUT2D eigenvalue weighted by Crippen LogP contribution is -2.33. The first-order valence-corrected chi connectivity index (χ1v) is 8.77. The quantitative estimate of drug-likeness (QED) is 0.858. The third-order valence-corrected chi connectivity index (χ3v) is 5.05. The van der Waals surface area contributed by atoms with E-state index in [1.165, 1.54) is 32.1 Å². The highest BCUT2D eigenvalue weighted by Gasteiger charge is 2.19. The largest absolute Gasteiger partial charge is 0.478 e. The SMILES string of the molecule is CN(Cc1cc(C(=O)O)ccc1-c1ccccc1)C1CCCCC1. The van der Waals surface area contributed by atoms with Gasteiger partial charge in [0.25, 0.3) is 0 Å². The van der Waals surface area contributed by atoms with Crippen molar-refractivity contribution in [3.8, 4) is 11.1 Å². The van der Waals surface area contributed by atoms with Crippen molar-refractivity contribution in [2.45, 2.75) is 44.7 Å². The number of rotatable bonds is 5. The molecule has 0 bridgehead atoms. The molecule has 2 aromatic carbocycles. The van der Waals surface area contributed by atoms with E-state index in [2.05, 4.69) is 24.1 Å². The van der Waals surface area contributed by atoms with E-state index in [0.717, 1.165) is 23.2 Å². The zero-order valence-corrected chi connectivity index (χ0v) is 14.2. The highest BCUT2D eigenvalue weighted by molar-refractivity contribution is 5.89. The Balaban J connectivity index is 1.91. The molecule has 3 rings (SSSR count). The Kier molecular flexibility index (Phi) is 5.31. The van der Waals surface area contributed by atoms with Crippen molar-refractivity contribution in [2.75, 3.05) is 7.05 Å². The predicted octanol–water partition coefficient (Wildman–Crippen LogP) is 4.82. The molecule has 3 nitrogen and oxygen atoms in total. The van der Waals surface area contributed by atoms with E-state index in [1.54, 1.807) is 6.07 Å². The summed E-state index contributed by atoms with van der Waals surface area (Å²) in [6, 6.07) is 16.3. The average Bonchev–Trinajstić information content (AvgIpc) is 2.63. The molecule has 0 spiro atoms. The molecular weight excluding hydrogens is 298 g/mol. The maximum atomic E-state index is 11.4. The van der Waals surface area contributed by atoms with E-state index in [4.69, 9.17) is 0 Å². The van der Waals surface area contributed by atoms with Crippen molar-refractivity contribution >= 4 is 5.97 Å². The number of carboxylic acids is 1. The lowest BCUT2D eigenvalue weighted by Gasteiger charge is -2.31. The molecule has 0 aliphatic heterocycles. The first kappa shape index (κ1) is 16.7. The number of hydrogen-bond acceptors (Lipinski definition) is 2. The highest BCUT2D eigenvalue weighted by Crippen LogP contribution is 2.28. The molecule has 1 fully saturated rings. The van der Waals surface area contributed by atoms with Gasteiger partial charge in [-0.25, -0.2) is 4.79 Å². The summed E-state index contributed by atoms with van der Waals surface area (Å²) < 4.78 is 0. The Hall–Kier alpha value is -2.13. The zero-order valence-electron chi connectivity index (χ0n) is 14.2. The zero-order chi connectivity index (χ0) is 16.9. The number of hydrogen-bond donors (Lipinski definition) is 1. The minimum Gasteiger partial charge on any atom is -0.478 e. The molecule has 0 saturated heterocycles. The van der Waals surface area contributed by atoms with Crippen LogP contribution in [-0.2, 0) is 6.54 Å². The van der Waals surface area contributed by atoms with Gasteiger partial charge in [0.1, 0.15) is 0 Å². The molecule has 0 amide bonds. The minimum atomic E-state index is -0.865. The Bertz CT molecular complexity index is 690. The number of carbonyl (C=O) groups is 1. The van der Waals surface area contributed by atoms with Crippen molar-refractivity contribution in [3.05, 3.63) is 59.7 Å². The van der Waals surface area contributed by atoms with E-state index in [9.17, 15) is 9.90 Å². The third-order valence-electron chi connectivity index (χ3n) is 5.05. The normalized spacial score (nSPS) is 15.6. The maximum absolute atomic E-state index is 11.4. The van der Waals surface area contributed by atoms with Crippen LogP contribution in [0.3, 0.4) is 0 Å². The van der Waals surface area contributed by atoms with Gasteiger partial charge in [-0.2, -0.15) is 0 Å². The van der Waals surface area contributed by atoms with E-state index in [-0.39, 0.29) is 0 Å². The van der Waals surface area contributed by atoms with Gasteiger partial charge in [-0.3, -0.25) is 4.90 Å². The van der Waals surface area contributed by atoms with Crippen molar-refractivity contribution < 1.29 is 9.90 Å². The van der Waals surface area contributed by atoms with Crippen LogP contribution in [0.15, 0.2) is 48.5 Å². The molecule has 1 aliphatic carbocycles. The first-order valence-electron chi connectivity index (χ1n) is 8.77. The number of carboxylic acid groups (broad SMARTS) is 1. The summed E-state index contributed by atoms with van der Waals surface area (Å²) in [5, 5.41) is 9.34.